The van der Waals surface area contributed by atoms with Crippen LogP contribution in [0.1, 0.15) is 30.9 Å². The number of hydrogen-bond donors (Lipinski definition) is 1. The Hall–Kier alpha value is -1.95. The van der Waals surface area contributed by atoms with Crippen molar-refractivity contribution in [1.82, 2.24) is 20.2 Å². The Morgan fingerprint density at radius 3 is 2.90 bits per heavy atom. The van der Waals surface area contributed by atoms with Crippen molar-refractivity contribution < 1.29 is 9.90 Å². The molecule has 7 heteroatoms. The first kappa shape index (κ1) is 14.0. The minimum absolute atomic E-state index is 0.0301. The van der Waals surface area contributed by atoms with Gasteiger partial charge in [0, 0.05) is 10.6 Å². The molecular weight excluding hydrogens is 292 g/mol. The van der Waals surface area contributed by atoms with Gasteiger partial charge in [0.05, 0.1) is 12.5 Å². The number of nitrogens with zero attached hydrogens (tertiary/aromatic N) is 4. The number of carboxylic acid groups (broad SMARTS) is 1. The maximum Gasteiger partial charge on any atom is 0.305 e. The van der Waals surface area contributed by atoms with E-state index in [-0.39, 0.29) is 12.5 Å². The highest BCUT2D eigenvalue weighted by Crippen LogP contribution is 2.42. The fourth-order valence-electron chi connectivity index (χ4n) is 2.45. The highest BCUT2D eigenvalue weighted by atomic mass is 35.5. The summed E-state index contributed by atoms with van der Waals surface area (Å²) in [6, 6.07) is 5.41. The van der Waals surface area contributed by atoms with Gasteiger partial charge in [0.2, 0.25) is 0 Å². The number of benzene rings is 1. The third-order valence-corrected chi connectivity index (χ3v) is 4.19. The van der Waals surface area contributed by atoms with Crippen molar-refractivity contribution in [2.24, 2.45) is 5.92 Å². The van der Waals surface area contributed by atoms with E-state index in [2.05, 4.69) is 15.5 Å². The second-order valence-electron chi connectivity index (χ2n) is 5.41. The fourth-order valence-corrected chi connectivity index (χ4v) is 2.63. The van der Waals surface area contributed by atoms with E-state index < -0.39 is 5.97 Å². The molecule has 110 valence electrons. The molecule has 1 unspecified atom stereocenters. The van der Waals surface area contributed by atoms with E-state index in [4.69, 9.17) is 16.7 Å². The average molecular weight is 307 g/mol. The van der Waals surface area contributed by atoms with Crippen molar-refractivity contribution in [3.05, 3.63) is 28.8 Å². The van der Waals surface area contributed by atoms with Crippen molar-refractivity contribution in [2.75, 3.05) is 0 Å². The minimum Gasteiger partial charge on any atom is -0.481 e. The number of carbonyl (C=O) groups is 1. The van der Waals surface area contributed by atoms with Crippen LogP contribution in [0.4, 0.5) is 0 Å². The van der Waals surface area contributed by atoms with Crippen LogP contribution in [0.2, 0.25) is 5.02 Å². The third kappa shape index (κ3) is 2.90. The Labute approximate surface area is 126 Å². The molecule has 0 bridgehead atoms. The lowest BCUT2D eigenvalue weighted by Gasteiger charge is -2.16. The smallest absolute Gasteiger partial charge is 0.305 e. The second kappa shape index (κ2) is 5.44. The highest BCUT2D eigenvalue weighted by Gasteiger charge is 2.36. The maximum atomic E-state index is 11.1. The molecule has 1 aliphatic carbocycles. The highest BCUT2D eigenvalue weighted by molar-refractivity contribution is 6.31. The van der Waals surface area contributed by atoms with Crippen molar-refractivity contribution in [3.63, 3.8) is 0 Å². The fraction of sp³-hybridized carbons (Fsp3) is 0.429. The van der Waals surface area contributed by atoms with Gasteiger partial charge in [-0.05, 0) is 47.7 Å². The standard InChI is InChI=1S/C14H15ClN4O2/c1-8-2-3-10(6-11(8)15)14-16-17-18-19(14)12(7-13(20)21)9-4-5-9/h2-3,6,9,12H,4-5,7H2,1H3,(H,20,21). The lowest BCUT2D eigenvalue weighted by atomic mass is 10.1. The van der Waals surface area contributed by atoms with Crippen LogP contribution in [0.15, 0.2) is 18.2 Å². The first-order chi connectivity index (χ1) is 10.1. The molecule has 0 amide bonds. The monoisotopic (exact) mass is 306 g/mol. The summed E-state index contributed by atoms with van der Waals surface area (Å²) in [5.41, 5.74) is 1.77. The van der Waals surface area contributed by atoms with E-state index in [0.29, 0.717) is 16.8 Å². The molecule has 2 aromatic rings. The van der Waals surface area contributed by atoms with Gasteiger partial charge in [0.15, 0.2) is 5.82 Å². The Kier molecular flexibility index (Phi) is 3.63. The summed E-state index contributed by atoms with van der Waals surface area (Å²) in [6.07, 6.45) is 2.07. The third-order valence-electron chi connectivity index (χ3n) is 3.79. The van der Waals surface area contributed by atoms with E-state index in [1.807, 2.05) is 25.1 Å². The van der Waals surface area contributed by atoms with Crippen LogP contribution in [0.3, 0.4) is 0 Å². The largest absolute Gasteiger partial charge is 0.481 e. The first-order valence-electron chi connectivity index (χ1n) is 6.82. The van der Waals surface area contributed by atoms with Gasteiger partial charge in [0.25, 0.3) is 0 Å². The van der Waals surface area contributed by atoms with E-state index in [1.54, 1.807) is 4.68 Å². The Morgan fingerprint density at radius 1 is 1.52 bits per heavy atom. The zero-order chi connectivity index (χ0) is 15.0. The number of rotatable bonds is 5. The van der Waals surface area contributed by atoms with Gasteiger partial charge < -0.3 is 5.11 Å². The SMILES string of the molecule is Cc1ccc(-c2nnnn2C(CC(=O)O)C2CC2)cc1Cl. The first-order valence-corrected chi connectivity index (χ1v) is 7.20. The minimum atomic E-state index is -0.838. The van der Waals surface area contributed by atoms with Crippen LogP contribution in [0, 0.1) is 12.8 Å². The van der Waals surface area contributed by atoms with Gasteiger partial charge >= 0.3 is 5.97 Å². The summed E-state index contributed by atoms with van der Waals surface area (Å²) in [6.45, 7) is 1.92. The molecule has 3 rings (SSSR count). The number of tetrazole rings is 1. The summed E-state index contributed by atoms with van der Waals surface area (Å²) in [4.78, 5) is 11.1. The van der Waals surface area contributed by atoms with Crippen LogP contribution in [-0.4, -0.2) is 31.3 Å². The topological polar surface area (TPSA) is 80.9 Å². The van der Waals surface area contributed by atoms with E-state index in [0.717, 1.165) is 24.0 Å². The van der Waals surface area contributed by atoms with Crippen LogP contribution in [0.25, 0.3) is 11.4 Å². The number of hydrogen-bond acceptors (Lipinski definition) is 4. The summed E-state index contributed by atoms with van der Waals surface area (Å²) >= 11 is 6.15. The van der Waals surface area contributed by atoms with Crippen molar-refractivity contribution >= 4 is 17.6 Å². The lowest BCUT2D eigenvalue weighted by molar-refractivity contribution is -0.138. The number of carboxylic acids is 1. The molecular formula is C14H15ClN4O2. The quantitative estimate of drug-likeness (QED) is 0.918. The molecule has 0 saturated heterocycles. The van der Waals surface area contributed by atoms with E-state index >= 15 is 0 Å². The van der Waals surface area contributed by atoms with E-state index in [9.17, 15) is 4.79 Å². The summed E-state index contributed by atoms with van der Waals surface area (Å²) < 4.78 is 1.63. The maximum absolute atomic E-state index is 11.1. The molecule has 1 atom stereocenters. The second-order valence-corrected chi connectivity index (χ2v) is 5.82. The van der Waals surface area contributed by atoms with Gasteiger partial charge in [-0.3, -0.25) is 4.79 Å². The molecule has 1 heterocycles. The molecule has 0 spiro atoms. The predicted octanol–water partition coefficient (Wildman–Crippen LogP) is 2.73. The van der Waals surface area contributed by atoms with Gasteiger partial charge in [-0.1, -0.05) is 23.7 Å². The molecule has 6 nitrogen and oxygen atoms in total. The van der Waals surface area contributed by atoms with Crippen molar-refractivity contribution in [3.8, 4) is 11.4 Å². The molecule has 1 aliphatic rings. The zero-order valence-corrected chi connectivity index (χ0v) is 12.3. The van der Waals surface area contributed by atoms with Gasteiger partial charge in [-0.15, -0.1) is 5.10 Å². The number of aryl methyl sites for hydroxylation is 1. The average Bonchev–Trinajstić information content (AvgIpc) is 3.16. The van der Waals surface area contributed by atoms with Crippen molar-refractivity contribution in [1.29, 1.82) is 0 Å². The summed E-state index contributed by atoms with van der Waals surface area (Å²) in [5.74, 6) is 0.0645. The molecule has 0 radical (unpaired) electrons. The van der Waals surface area contributed by atoms with Gasteiger partial charge in [0.1, 0.15) is 0 Å². The molecule has 1 aromatic heterocycles. The summed E-state index contributed by atoms with van der Waals surface area (Å²) in [7, 11) is 0. The van der Waals surface area contributed by atoms with Crippen LogP contribution >= 0.6 is 11.6 Å². The predicted molar refractivity (Wildman–Crippen MR) is 77.0 cm³/mol. The van der Waals surface area contributed by atoms with E-state index in [1.165, 1.54) is 0 Å². The number of halogens is 1. The Morgan fingerprint density at radius 2 is 2.29 bits per heavy atom. The summed E-state index contributed by atoms with van der Waals surface area (Å²) in [5, 5.41) is 21.5. The molecule has 21 heavy (non-hydrogen) atoms. The molecule has 1 fully saturated rings. The van der Waals surface area contributed by atoms with Crippen LogP contribution in [-0.2, 0) is 4.79 Å². The van der Waals surface area contributed by atoms with Crippen LogP contribution < -0.4 is 0 Å². The molecule has 1 N–H and O–H groups in total. The zero-order valence-electron chi connectivity index (χ0n) is 11.5. The molecule has 1 aromatic carbocycles. The number of aromatic nitrogens is 4. The number of aliphatic carboxylic acids is 1. The van der Waals surface area contributed by atoms with Gasteiger partial charge in [-0.2, -0.15) is 0 Å². The van der Waals surface area contributed by atoms with Gasteiger partial charge in [-0.25, -0.2) is 4.68 Å². The lowest BCUT2D eigenvalue weighted by Crippen LogP contribution is -2.18. The van der Waals surface area contributed by atoms with Crippen molar-refractivity contribution in [2.45, 2.75) is 32.2 Å². The normalized spacial score (nSPS) is 15.9. The Bertz CT molecular complexity index is 681. The Balaban J connectivity index is 1.98. The molecule has 0 aliphatic heterocycles. The molecule has 1 saturated carbocycles. The van der Waals surface area contributed by atoms with Crippen LogP contribution in [0.5, 0.6) is 0 Å².